The molecule has 4 amide bonds. The third-order valence-electron chi connectivity index (χ3n) is 4.26. The van der Waals surface area contributed by atoms with Gasteiger partial charge >= 0.3 is 6.09 Å². The van der Waals surface area contributed by atoms with Crippen molar-refractivity contribution in [3.05, 3.63) is 0 Å². The molecule has 0 aliphatic carbocycles. The summed E-state index contributed by atoms with van der Waals surface area (Å²) in [6.07, 6.45) is -0.721. The second kappa shape index (κ2) is 11.7. The van der Waals surface area contributed by atoms with Gasteiger partial charge in [0.15, 0.2) is 0 Å². The summed E-state index contributed by atoms with van der Waals surface area (Å²) < 4.78 is 5.22. The minimum atomic E-state index is -0.911. The zero-order valence-electron chi connectivity index (χ0n) is 19.6. The first-order chi connectivity index (χ1) is 13.6. The number of ether oxygens (including phenoxy) is 1. The van der Waals surface area contributed by atoms with Crippen molar-refractivity contribution < 1.29 is 23.9 Å². The fraction of sp³-hybridized carbons (Fsp3) is 0.800. The lowest BCUT2D eigenvalue weighted by molar-refractivity contribution is -0.134. The topological polar surface area (TPSA) is 152 Å². The number of hydrogen-bond donors (Lipinski definition) is 5. The van der Waals surface area contributed by atoms with Crippen LogP contribution in [-0.4, -0.2) is 47.5 Å². The van der Waals surface area contributed by atoms with Crippen LogP contribution in [0.15, 0.2) is 0 Å². The molecule has 0 aromatic heterocycles. The third-order valence-corrected chi connectivity index (χ3v) is 4.26. The van der Waals surface area contributed by atoms with E-state index >= 15 is 0 Å². The fourth-order valence-electron chi connectivity index (χ4n) is 2.62. The van der Waals surface area contributed by atoms with Crippen LogP contribution in [0, 0.1) is 17.8 Å². The summed E-state index contributed by atoms with van der Waals surface area (Å²) in [6, 6.07) is -2.66. The summed E-state index contributed by atoms with van der Waals surface area (Å²) in [5, 5.41) is 7.88. The van der Waals surface area contributed by atoms with Gasteiger partial charge in [0, 0.05) is 0 Å². The number of amides is 4. The summed E-state index contributed by atoms with van der Waals surface area (Å²) in [4.78, 5) is 49.7. The third kappa shape index (κ3) is 9.43. The summed E-state index contributed by atoms with van der Waals surface area (Å²) in [6.45, 7) is 15.8. The van der Waals surface area contributed by atoms with Crippen molar-refractivity contribution in [2.75, 3.05) is 0 Å². The van der Waals surface area contributed by atoms with Gasteiger partial charge in [0.1, 0.15) is 23.7 Å². The molecule has 174 valence electrons. The average Bonchev–Trinajstić information content (AvgIpc) is 2.58. The Labute approximate surface area is 179 Å². The number of carbonyl (C=O) groups excluding carboxylic acids is 4. The number of nitrogens with two attached hydrogens (primary N) is 1. The van der Waals surface area contributed by atoms with Crippen LogP contribution < -0.4 is 27.2 Å². The highest BCUT2D eigenvalue weighted by Gasteiger charge is 2.33. The second-order valence-electron chi connectivity index (χ2n) is 9.34. The molecule has 0 aromatic carbocycles. The van der Waals surface area contributed by atoms with Crippen molar-refractivity contribution in [1.29, 1.82) is 0 Å². The fourth-order valence-corrected chi connectivity index (χ4v) is 2.62. The van der Waals surface area contributed by atoms with Crippen LogP contribution in [0.1, 0.15) is 62.3 Å². The molecule has 0 rings (SSSR count). The van der Waals surface area contributed by atoms with E-state index in [0.29, 0.717) is 0 Å². The van der Waals surface area contributed by atoms with Gasteiger partial charge in [-0.1, -0.05) is 41.5 Å². The first kappa shape index (κ1) is 27.6. The van der Waals surface area contributed by atoms with Crippen LogP contribution in [0.4, 0.5) is 4.79 Å². The number of alkyl carbamates (subject to hydrolysis) is 1. The molecule has 0 heterocycles. The Kier molecular flexibility index (Phi) is 10.8. The lowest BCUT2D eigenvalue weighted by atomic mass is 9.98. The van der Waals surface area contributed by atoms with Gasteiger partial charge in [-0.2, -0.15) is 0 Å². The van der Waals surface area contributed by atoms with Crippen molar-refractivity contribution in [2.45, 2.75) is 86.0 Å². The molecule has 6 N–H and O–H groups in total. The molecule has 0 bridgehead atoms. The molecule has 0 aliphatic heterocycles. The quantitative estimate of drug-likeness (QED) is 0.208. The van der Waals surface area contributed by atoms with Crippen molar-refractivity contribution in [1.82, 2.24) is 21.4 Å². The minimum Gasteiger partial charge on any atom is -0.444 e. The molecule has 0 radical (unpaired) electrons. The summed E-state index contributed by atoms with van der Waals surface area (Å²) >= 11 is 0. The molecular formula is C20H39N5O5. The molecular weight excluding hydrogens is 390 g/mol. The van der Waals surface area contributed by atoms with Crippen molar-refractivity contribution in [3.8, 4) is 0 Å². The number of rotatable bonds is 9. The smallest absolute Gasteiger partial charge is 0.408 e. The van der Waals surface area contributed by atoms with E-state index in [1.165, 1.54) is 0 Å². The van der Waals surface area contributed by atoms with Crippen LogP contribution in [0.3, 0.4) is 0 Å². The number of nitrogens with one attached hydrogen (secondary N) is 4. The van der Waals surface area contributed by atoms with Crippen molar-refractivity contribution >= 4 is 23.8 Å². The van der Waals surface area contributed by atoms with Gasteiger partial charge in [-0.25, -0.2) is 10.6 Å². The monoisotopic (exact) mass is 429 g/mol. The molecule has 0 aliphatic rings. The van der Waals surface area contributed by atoms with Gasteiger partial charge in [0.2, 0.25) is 11.8 Å². The van der Waals surface area contributed by atoms with E-state index in [-0.39, 0.29) is 17.8 Å². The van der Waals surface area contributed by atoms with E-state index in [2.05, 4.69) is 16.0 Å². The Morgan fingerprint density at radius 2 is 1.00 bits per heavy atom. The van der Waals surface area contributed by atoms with Crippen LogP contribution in [0.2, 0.25) is 0 Å². The molecule has 0 fully saturated rings. The van der Waals surface area contributed by atoms with E-state index in [1.807, 2.05) is 5.43 Å². The maximum absolute atomic E-state index is 12.9. The summed E-state index contributed by atoms with van der Waals surface area (Å²) in [5.41, 5.74) is 1.32. The van der Waals surface area contributed by atoms with Crippen LogP contribution >= 0.6 is 0 Å². The molecule has 10 heteroatoms. The second-order valence-corrected chi connectivity index (χ2v) is 9.34. The normalized spacial score (nSPS) is 14.7. The van der Waals surface area contributed by atoms with Gasteiger partial charge in [-0.05, 0) is 38.5 Å². The summed E-state index contributed by atoms with van der Waals surface area (Å²) in [5.74, 6) is 2.91. The molecule has 0 saturated heterocycles. The highest BCUT2D eigenvalue weighted by atomic mass is 16.6. The maximum atomic E-state index is 12.9. The Morgan fingerprint density at radius 3 is 1.30 bits per heavy atom. The van der Waals surface area contributed by atoms with E-state index < -0.39 is 47.5 Å². The molecule has 30 heavy (non-hydrogen) atoms. The predicted molar refractivity (Wildman–Crippen MR) is 114 cm³/mol. The van der Waals surface area contributed by atoms with E-state index in [4.69, 9.17) is 10.6 Å². The Morgan fingerprint density at radius 1 is 0.667 bits per heavy atom. The van der Waals surface area contributed by atoms with Crippen molar-refractivity contribution in [2.24, 2.45) is 23.6 Å². The van der Waals surface area contributed by atoms with E-state index in [0.717, 1.165) is 0 Å². The molecule has 0 spiro atoms. The highest BCUT2D eigenvalue weighted by Crippen LogP contribution is 2.11. The number of hydrogen-bond acceptors (Lipinski definition) is 6. The van der Waals surface area contributed by atoms with Gasteiger partial charge in [0.05, 0.1) is 0 Å². The van der Waals surface area contributed by atoms with Crippen molar-refractivity contribution in [3.63, 3.8) is 0 Å². The Bertz CT molecular complexity index is 613. The Hall–Kier alpha value is -2.36. The lowest BCUT2D eigenvalue weighted by Gasteiger charge is -2.29. The number of carbonyl (C=O) groups is 4. The molecule has 0 unspecified atom stereocenters. The molecule has 0 saturated carbocycles. The SMILES string of the molecule is CC(C)[C@H](NC(=O)[C@@H](NC(=O)[C@H](NC(=O)OC(C)(C)C)C(C)C)C(C)C)C(=O)NN. The van der Waals surface area contributed by atoms with E-state index in [1.54, 1.807) is 62.3 Å². The molecule has 3 atom stereocenters. The summed E-state index contributed by atoms with van der Waals surface area (Å²) in [7, 11) is 0. The van der Waals surface area contributed by atoms with Crippen LogP contribution in [0.5, 0.6) is 0 Å². The average molecular weight is 430 g/mol. The predicted octanol–water partition coefficient (Wildman–Crippen LogP) is 0.807. The van der Waals surface area contributed by atoms with Gasteiger partial charge in [-0.3, -0.25) is 19.8 Å². The maximum Gasteiger partial charge on any atom is 0.408 e. The number of hydrazine groups is 1. The Balaban J connectivity index is 5.37. The standard InChI is InChI=1S/C20H39N5O5/c1-10(2)13(16(26)23-15(12(5)6)18(28)25-21)22-17(27)14(11(3)4)24-19(29)30-20(7,8)9/h10-15H,21H2,1-9H3,(H,22,27)(H,23,26)(H,24,29)(H,25,28)/t13-,14+,15-/m0/s1. The first-order valence-corrected chi connectivity index (χ1v) is 10.2. The van der Waals surface area contributed by atoms with Gasteiger partial charge < -0.3 is 20.7 Å². The highest BCUT2D eigenvalue weighted by molar-refractivity contribution is 5.94. The first-order valence-electron chi connectivity index (χ1n) is 10.2. The van der Waals surface area contributed by atoms with E-state index in [9.17, 15) is 19.2 Å². The molecule has 0 aromatic rings. The molecule has 10 nitrogen and oxygen atoms in total. The zero-order valence-corrected chi connectivity index (χ0v) is 19.6. The lowest BCUT2D eigenvalue weighted by Crippen LogP contribution is -2.60. The van der Waals surface area contributed by atoms with Gasteiger partial charge in [0.25, 0.3) is 5.91 Å². The minimum absolute atomic E-state index is 0.210. The largest absolute Gasteiger partial charge is 0.444 e. The van der Waals surface area contributed by atoms with Gasteiger partial charge in [-0.15, -0.1) is 0 Å². The zero-order chi connectivity index (χ0) is 23.8. The van der Waals surface area contributed by atoms with Crippen LogP contribution in [0.25, 0.3) is 0 Å². The van der Waals surface area contributed by atoms with Crippen LogP contribution in [-0.2, 0) is 19.1 Å².